The van der Waals surface area contributed by atoms with E-state index >= 15 is 0 Å². The van der Waals surface area contributed by atoms with Crippen LogP contribution in [0.25, 0.3) is 11.0 Å². The smallest absolute Gasteiger partial charge is 0.423 e. The van der Waals surface area contributed by atoms with Gasteiger partial charge in [0, 0.05) is 18.3 Å². The summed E-state index contributed by atoms with van der Waals surface area (Å²) in [6, 6.07) is 4.46. The number of pyridine rings is 1. The molecule has 1 aliphatic carbocycles. The predicted octanol–water partition coefficient (Wildman–Crippen LogP) is -0.723. The SMILES string of the molecule is CNC(=O)[C@@H](NC(=O)c1cc(NC(=O)c2cc(C)c3c(=O)[nH]c(=O)[nH]c3n2)cc(B(O)O)c1)C1CCCCC1. The number of hydrogen-bond acceptors (Lipinski definition) is 8. The minimum absolute atomic E-state index is 0.000808. The molecule has 0 radical (unpaired) electrons. The summed E-state index contributed by atoms with van der Waals surface area (Å²) >= 11 is 0. The number of aryl methyl sites for hydroxylation is 1. The van der Waals surface area contributed by atoms with Crippen LogP contribution in [-0.4, -0.2) is 62.9 Å². The molecule has 2 heterocycles. The van der Waals surface area contributed by atoms with E-state index in [1.54, 1.807) is 6.92 Å². The van der Waals surface area contributed by atoms with Gasteiger partial charge in [-0.25, -0.2) is 9.78 Å². The number of nitrogens with zero attached hydrogens (tertiary/aromatic N) is 1. The van der Waals surface area contributed by atoms with Gasteiger partial charge in [-0.05, 0) is 61.0 Å². The first-order chi connectivity index (χ1) is 18.6. The molecule has 0 aliphatic heterocycles. The molecule has 7 N–H and O–H groups in total. The molecule has 13 nitrogen and oxygen atoms in total. The van der Waals surface area contributed by atoms with Crippen LogP contribution in [0.4, 0.5) is 5.69 Å². The maximum atomic E-state index is 13.2. The van der Waals surface area contributed by atoms with Gasteiger partial charge < -0.3 is 26.0 Å². The van der Waals surface area contributed by atoms with Crippen LogP contribution in [0.2, 0.25) is 0 Å². The zero-order chi connectivity index (χ0) is 28.3. The van der Waals surface area contributed by atoms with Crippen LogP contribution in [-0.2, 0) is 4.79 Å². The van der Waals surface area contributed by atoms with Crippen LogP contribution < -0.4 is 32.7 Å². The molecule has 1 fully saturated rings. The average Bonchev–Trinajstić information content (AvgIpc) is 2.90. The number of H-pyrrole nitrogens is 2. The Kier molecular flexibility index (Phi) is 8.26. The number of anilines is 1. The second-order valence-electron chi connectivity index (χ2n) is 9.59. The van der Waals surface area contributed by atoms with Gasteiger partial charge >= 0.3 is 12.8 Å². The van der Waals surface area contributed by atoms with Gasteiger partial charge in [0.2, 0.25) is 5.91 Å². The van der Waals surface area contributed by atoms with Crippen LogP contribution in [0.1, 0.15) is 58.5 Å². The molecule has 3 aromatic rings. The van der Waals surface area contributed by atoms with Crippen molar-refractivity contribution >= 4 is 47.0 Å². The molecule has 3 amide bonds. The van der Waals surface area contributed by atoms with Gasteiger partial charge in [-0.1, -0.05) is 19.3 Å². The van der Waals surface area contributed by atoms with Crippen LogP contribution >= 0.6 is 0 Å². The highest BCUT2D eigenvalue weighted by Crippen LogP contribution is 2.27. The van der Waals surface area contributed by atoms with Crippen molar-refractivity contribution in [3.05, 3.63) is 61.9 Å². The van der Waals surface area contributed by atoms with Crippen LogP contribution in [0.5, 0.6) is 0 Å². The van der Waals surface area contributed by atoms with E-state index in [0.29, 0.717) is 5.56 Å². The third kappa shape index (κ3) is 6.24. The van der Waals surface area contributed by atoms with E-state index in [4.69, 9.17) is 0 Å². The van der Waals surface area contributed by atoms with Crippen molar-refractivity contribution in [2.45, 2.75) is 45.1 Å². The van der Waals surface area contributed by atoms with Crippen molar-refractivity contribution < 1.29 is 24.4 Å². The largest absolute Gasteiger partial charge is 0.488 e. The normalized spacial score (nSPS) is 14.5. The fourth-order valence-corrected chi connectivity index (χ4v) is 4.91. The number of carbonyl (C=O) groups excluding carboxylic acids is 3. The fraction of sp³-hybridized carbons (Fsp3) is 0.360. The number of aromatic nitrogens is 3. The average molecular weight is 536 g/mol. The molecular formula is C25H29BN6O7. The fourth-order valence-electron chi connectivity index (χ4n) is 4.91. The number of hydrogen-bond donors (Lipinski definition) is 7. The number of aromatic amines is 2. The van der Waals surface area contributed by atoms with E-state index in [1.165, 1.54) is 31.3 Å². The molecule has 14 heteroatoms. The lowest BCUT2D eigenvalue weighted by Gasteiger charge is -2.29. The van der Waals surface area contributed by atoms with Gasteiger partial charge in [-0.2, -0.15) is 0 Å². The molecule has 2 aromatic heterocycles. The molecular weight excluding hydrogens is 507 g/mol. The van der Waals surface area contributed by atoms with Crippen LogP contribution in [0.3, 0.4) is 0 Å². The first-order valence-corrected chi connectivity index (χ1v) is 12.6. The zero-order valence-electron chi connectivity index (χ0n) is 21.5. The van der Waals surface area contributed by atoms with Crippen molar-refractivity contribution in [1.29, 1.82) is 0 Å². The number of fused-ring (bicyclic) bond motifs is 1. The summed E-state index contributed by atoms with van der Waals surface area (Å²) in [5.41, 5.74) is -1.23. The van der Waals surface area contributed by atoms with Gasteiger partial charge in [-0.15, -0.1) is 0 Å². The summed E-state index contributed by atoms with van der Waals surface area (Å²) in [5, 5.41) is 27.6. The van der Waals surface area contributed by atoms with E-state index in [9.17, 15) is 34.0 Å². The van der Waals surface area contributed by atoms with E-state index in [0.717, 1.165) is 32.1 Å². The minimum Gasteiger partial charge on any atom is -0.423 e. The Balaban J connectivity index is 1.63. The van der Waals surface area contributed by atoms with Crippen molar-refractivity contribution in [2.75, 3.05) is 12.4 Å². The maximum Gasteiger partial charge on any atom is 0.488 e. The molecule has 0 spiro atoms. The van der Waals surface area contributed by atoms with E-state index in [1.807, 2.05) is 0 Å². The number of likely N-dealkylation sites (N-methyl/N-ethyl adjacent to an activating group) is 1. The first-order valence-electron chi connectivity index (χ1n) is 12.6. The molecule has 0 saturated heterocycles. The summed E-state index contributed by atoms with van der Waals surface area (Å²) in [6.07, 6.45) is 4.58. The standard InChI is InChI=1S/C25H29BN6O7/c1-12-8-17(29-20-18(12)23(35)32-25(37)31-20)22(34)28-16-10-14(9-15(11-16)26(38)39)21(33)30-19(24(36)27-2)13-6-4-3-5-7-13/h8-11,13,19,38-39H,3-7H2,1-2H3,(H,27,36)(H,28,34)(H,30,33)(H2,29,31,32,35,37)/t19-/m0/s1. The predicted molar refractivity (Wildman–Crippen MR) is 144 cm³/mol. The summed E-state index contributed by atoms with van der Waals surface area (Å²) in [6.45, 7) is 1.58. The third-order valence-electron chi connectivity index (χ3n) is 6.85. The van der Waals surface area contributed by atoms with Crippen LogP contribution in [0.15, 0.2) is 33.9 Å². The number of nitrogens with one attached hydrogen (secondary N) is 5. The van der Waals surface area contributed by atoms with Gasteiger partial charge in [-0.3, -0.25) is 29.1 Å². The Labute approximate surface area is 222 Å². The second kappa shape index (κ2) is 11.6. The summed E-state index contributed by atoms with van der Waals surface area (Å²) in [7, 11) is -0.450. The Morgan fingerprint density at radius 1 is 1.03 bits per heavy atom. The zero-order valence-corrected chi connectivity index (χ0v) is 21.5. The van der Waals surface area contributed by atoms with Crippen molar-refractivity contribution in [3.63, 3.8) is 0 Å². The molecule has 4 rings (SSSR count). The van der Waals surface area contributed by atoms with E-state index in [-0.39, 0.29) is 45.3 Å². The molecule has 204 valence electrons. The van der Waals surface area contributed by atoms with E-state index in [2.05, 4.69) is 30.9 Å². The third-order valence-corrected chi connectivity index (χ3v) is 6.85. The first kappa shape index (κ1) is 27.7. The summed E-state index contributed by atoms with van der Waals surface area (Å²) < 4.78 is 0. The highest BCUT2D eigenvalue weighted by atomic mass is 16.4. The van der Waals surface area contributed by atoms with Gasteiger partial charge in [0.05, 0.1) is 5.39 Å². The lowest BCUT2D eigenvalue weighted by atomic mass is 9.79. The highest BCUT2D eigenvalue weighted by Gasteiger charge is 2.31. The lowest BCUT2D eigenvalue weighted by molar-refractivity contribution is -0.124. The Morgan fingerprint density at radius 3 is 2.41 bits per heavy atom. The van der Waals surface area contributed by atoms with E-state index < -0.39 is 36.2 Å². The Hall–Kier alpha value is -4.30. The molecule has 0 bridgehead atoms. The Bertz CT molecular complexity index is 1540. The number of carbonyl (C=O) groups is 3. The molecule has 1 atom stereocenters. The maximum absolute atomic E-state index is 13.2. The van der Waals surface area contributed by atoms with Crippen molar-refractivity contribution in [3.8, 4) is 0 Å². The van der Waals surface area contributed by atoms with Gasteiger partial charge in [0.25, 0.3) is 17.4 Å². The number of amides is 3. The lowest BCUT2D eigenvalue weighted by Crippen LogP contribution is -2.50. The van der Waals surface area contributed by atoms with Crippen molar-refractivity contribution in [2.24, 2.45) is 5.92 Å². The van der Waals surface area contributed by atoms with Crippen LogP contribution in [0, 0.1) is 12.8 Å². The van der Waals surface area contributed by atoms with Gasteiger partial charge in [0.15, 0.2) is 0 Å². The quantitative estimate of drug-likeness (QED) is 0.191. The number of rotatable bonds is 7. The molecule has 1 aromatic carbocycles. The topological polar surface area (TPSA) is 206 Å². The summed E-state index contributed by atoms with van der Waals surface area (Å²) in [4.78, 5) is 71.1. The number of benzene rings is 1. The molecule has 39 heavy (non-hydrogen) atoms. The highest BCUT2D eigenvalue weighted by molar-refractivity contribution is 6.58. The summed E-state index contributed by atoms with van der Waals surface area (Å²) in [5.74, 6) is -1.71. The second-order valence-corrected chi connectivity index (χ2v) is 9.59. The Morgan fingerprint density at radius 2 is 1.74 bits per heavy atom. The minimum atomic E-state index is -1.95. The molecule has 0 unspecified atom stereocenters. The molecule has 1 aliphatic rings. The molecule has 1 saturated carbocycles. The van der Waals surface area contributed by atoms with Crippen molar-refractivity contribution in [1.82, 2.24) is 25.6 Å². The van der Waals surface area contributed by atoms with Gasteiger partial charge in [0.1, 0.15) is 17.4 Å². The monoisotopic (exact) mass is 536 g/mol.